The number of nitrogens with one attached hydrogen (secondary N) is 2. The molecule has 2 heterocycles. The number of anilines is 2. The number of aromatic nitrogens is 2. The standard InChI is InChI=1S/C24H30N4O4/c1-5-19-17(21(7-3)31-27-19)13-23(29)25-15-10-9-11-16(12-15)26-24(30)14-18-20(6-2)28-32-22(18)8-4/h9-12H,5-8,13-14H2,1-4H3,(H,25,29)(H,26,30). The molecule has 1 aromatic carbocycles. The lowest BCUT2D eigenvalue weighted by atomic mass is 10.1. The quantitative estimate of drug-likeness (QED) is 0.489. The van der Waals surface area contributed by atoms with Crippen LogP contribution in [-0.2, 0) is 48.1 Å². The Morgan fingerprint density at radius 1 is 0.750 bits per heavy atom. The van der Waals surface area contributed by atoms with Gasteiger partial charge in [-0.2, -0.15) is 0 Å². The summed E-state index contributed by atoms with van der Waals surface area (Å²) < 4.78 is 10.7. The predicted octanol–water partition coefficient (Wildman–Crippen LogP) is 4.27. The number of hydrogen-bond acceptors (Lipinski definition) is 6. The van der Waals surface area contributed by atoms with E-state index in [2.05, 4.69) is 20.9 Å². The summed E-state index contributed by atoms with van der Waals surface area (Å²) in [7, 11) is 0. The molecule has 0 bridgehead atoms. The van der Waals surface area contributed by atoms with Gasteiger partial charge in [0, 0.05) is 35.3 Å². The van der Waals surface area contributed by atoms with E-state index in [9.17, 15) is 9.59 Å². The van der Waals surface area contributed by atoms with Crippen LogP contribution in [0.4, 0.5) is 11.4 Å². The van der Waals surface area contributed by atoms with Crippen LogP contribution in [0.2, 0.25) is 0 Å². The molecule has 2 aromatic heterocycles. The number of rotatable bonds is 10. The van der Waals surface area contributed by atoms with Crippen molar-refractivity contribution in [1.29, 1.82) is 0 Å². The summed E-state index contributed by atoms with van der Waals surface area (Å²) in [5.74, 6) is 1.16. The lowest BCUT2D eigenvalue weighted by Crippen LogP contribution is -2.17. The van der Waals surface area contributed by atoms with E-state index < -0.39 is 0 Å². The molecule has 0 aliphatic rings. The van der Waals surface area contributed by atoms with Gasteiger partial charge in [-0.05, 0) is 31.0 Å². The highest BCUT2D eigenvalue weighted by atomic mass is 16.5. The number of carbonyl (C=O) groups is 2. The lowest BCUT2D eigenvalue weighted by molar-refractivity contribution is -0.116. The molecule has 0 aliphatic heterocycles. The molecule has 8 heteroatoms. The molecule has 8 nitrogen and oxygen atoms in total. The topological polar surface area (TPSA) is 110 Å². The number of aryl methyl sites for hydroxylation is 4. The summed E-state index contributed by atoms with van der Waals surface area (Å²) in [5, 5.41) is 13.9. The lowest BCUT2D eigenvalue weighted by Gasteiger charge is -2.09. The second-order valence-corrected chi connectivity index (χ2v) is 7.51. The average Bonchev–Trinajstić information content (AvgIpc) is 3.36. The second-order valence-electron chi connectivity index (χ2n) is 7.51. The summed E-state index contributed by atoms with van der Waals surface area (Å²) in [5.41, 5.74) is 4.53. The van der Waals surface area contributed by atoms with Crippen molar-refractivity contribution < 1.29 is 18.6 Å². The number of carbonyl (C=O) groups excluding carboxylic acids is 2. The van der Waals surface area contributed by atoms with Gasteiger partial charge in [-0.3, -0.25) is 9.59 Å². The molecule has 0 radical (unpaired) electrons. The van der Waals surface area contributed by atoms with Gasteiger partial charge < -0.3 is 19.7 Å². The molecule has 0 saturated heterocycles. The molecule has 0 unspecified atom stereocenters. The molecule has 2 N–H and O–H groups in total. The minimum atomic E-state index is -0.161. The van der Waals surface area contributed by atoms with Crippen molar-refractivity contribution in [2.75, 3.05) is 10.6 Å². The number of nitrogens with zero attached hydrogens (tertiary/aromatic N) is 2. The van der Waals surface area contributed by atoms with Gasteiger partial charge in [-0.25, -0.2) is 0 Å². The summed E-state index contributed by atoms with van der Waals surface area (Å²) in [6.07, 6.45) is 3.17. The first kappa shape index (κ1) is 23.2. The van der Waals surface area contributed by atoms with Gasteiger partial charge in [-0.1, -0.05) is 44.1 Å². The van der Waals surface area contributed by atoms with Crippen molar-refractivity contribution in [3.05, 3.63) is 58.3 Å². The monoisotopic (exact) mass is 438 g/mol. The molecule has 2 amide bonds. The minimum absolute atomic E-state index is 0.161. The fourth-order valence-corrected chi connectivity index (χ4v) is 3.68. The first-order valence-corrected chi connectivity index (χ1v) is 11.1. The average molecular weight is 439 g/mol. The Morgan fingerprint density at radius 3 is 1.56 bits per heavy atom. The molecule has 0 aliphatic carbocycles. The van der Waals surface area contributed by atoms with Crippen molar-refractivity contribution in [3.8, 4) is 0 Å². The molecular weight excluding hydrogens is 408 g/mol. The van der Waals surface area contributed by atoms with Crippen LogP contribution in [-0.4, -0.2) is 22.1 Å². The Kier molecular flexibility index (Phi) is 7.81. The molecule has 3 rings (SSSR count). The fraction of sp³-hybridized carbons (Fsp3) is 0.417. The maximum atomic E-state index is 12.6. The minimum Gasteiger partial charge on any atom is -0.361 e. The first-order chi connectivity index (χ1) is 15.5. The Morgan fingerprint density at radius 2 is 1.19 bits per heavy atom. The van der Waals surface area contributed by atoms with E-state index in [4.69, 9.17) is 9.05 Å². The smallest absolute Gasteiger partial charge is 0.229 e. The van der Waals surface area contributed by atoms with Crippen LogP contribution in [0.3, 0.4) is 0 Å². The van der Waals surface area contributed by atoms with Gasteiger partial charge in [0.05, 0.1) is 24.2 Å². The maximum Gasteiger partial charge on any atom is 0.229 e. The second kappa shape index (κ2) is 10.7. The van der Waals surface area contributed by atoms with Gasteiger partial charge in [0.2, 0.25) is 11.8 Å². The van der Waals surface area contributed by atoms with Crippen molar-refractivity contribution >= 4 is 23.2 Å². The summed E-state index contributed by atoms with van der Waals surface area (Å²) in [6.45, 7) is 7.91. The van der Waals surface area contributed by atoms with Crippen LogP contribution in [0.1, 0.15) is 61.7 Å². The third-order valence-corrected chi connectivity index (χ3v) is 5.32. The van der Waals surface area contributed by atoms with Gasteiger partial charge in [0.15, 0.2) is 0 Å². The number of amides is 2. The van der Waals surface area contributed by atoms with E-state index in [0.29, 0.717) is 37.1 Å². The summed E-state index contributed by atoms with van der Waals surface area (Å²) >= 11 is 0. The molecule has 32 heavy (non-hydrogen) atoms. The molecule has 0 saturated carbocycles. The predicted molar refractivity (Wildman–Crippen MR) is 122 cm³/mol. The van der Waals surface area contributed by atoms with E-state index in [-0.39, 0.29) is 24.7 Å². The van der Waals surface area contributed by atoms with Crippen LogP contribution < -0.4 is 10.6 Å². The van der Waals surface area contributed by atoms with Gasteiger partial charge >= 0.3 is 0 Å². The normalized spacial score (nSPS) is 10.9. The van der Waals surface area contributed by atoms with Crippen molar-refractivity contribution in [2.45, 2.75) is 66.2 Å². The van der Waals surface area contributed by atoms with Crippen LogP contribution in [0.15, 0.2) is 33.3 Å². The van der Waals surface area contributed by atoms with Gasteiger partial charge in [0.25, 0.3) is 0 Å². The summed E-state index contributed by atoms with van der Waals surface area (Å²) in [6, 6.07) is 7.09. The fourth-order valence-electron chi connectivity index (χ4n) is 3.68. The molecule has 3 aromatic rings. The Labute approximate surface area is 187 Å². The largest absolute Gasteiger partial charge is 0.361 e. The van der Waals surface area contributed by atoms with Crippen molar-refractivity contribution in [2.24, 2.45) is 0 Å². The Balaban J connectivity index is 1.64. The third kappa shape index (κ3) is 5.43. The van der Waals surface area contributed by atoms with Crippen molar-refractivity contribution in [1.82, 2.24) is 10.3 Å². The van der Waals surface area contributed by atoms with Gasteiger partial charge in [0.1, 0.15) is 11.5 Å². The van der Waals surface area contributed by atoms with Crippen LogP contribution in [0.5, 0.6) is 0 Å². The van der Waals surface area contributed by atoms with Crippen LogP contribution in [0, 0.1) is 0 Å². The van der Waals surface area contributed by atoms with Crippen molar-refractivity contribution in [3.63, 3.8) is 0 Å². The van der Waals surface area contributed by atoms with E-state index in [0.717, 1.165) is 34.0 Å². The van der Waals surface area contributed by atoms with E-state index in [1.165, 1.54) is 0 Å². The zero-order chi connectivity index (χ0) is 23.1. The van der Waals surface area contributed by atoms with E-state index >= 15 is 0 Å². The molecule has 170 valence electrons. The van der Waals surface area contributed by atoms with Crippen LogP contribution in [0.25, 0.3) is 0 Å². The SMILES string of the molecule is CCc1noc(CC)c1CC(=O)Nc1cccc(NC(=O)Cc2c(CC)noc2CC)c1. The third-order valence-electron chi connectivity index (χ3n) is 5.32. The number of hydrogen-bond donors (Lipinski definition) is 2. The summed E-state index contributed by atoms with van der Waals surface area (Å²) in [4.78, 5) is 25.2. The van der Waals surface area contributed by atoms with Crippen LogP contribution >= 0.6 is 0 Å². The van der Waals surface area contributed by atoms with E-state index in [1.807, 2.05) is 27.7 Å². The zero-order valence-corrected chi connectivity index (χ0v) is 19.1. The number of benzene rings is 1. The highest BCUT2D eigenvalue weighted by molar-refractivity contribution is 5.95. The molecule has 0 spiro atoms. The van der Waals surface area contributed by atoms with Gasteiger partial charge in [-0.15, -0.1) is 0 Å². The molecule has 0 fully saturated rings. The highest BCUT2D eigenvalue weighted by Crippen LogP contribution is 2.20. The Hall–Kier alpha value is -3.42. The Bertz CT molecular complexity index is 959. The highest BCUT2D eigenvalue weighted by Gasteiger charge is 2.18. The maximum absolute atomic E-state index is 12.6. The zero-order valence-electron chi connectivity index (χ0n) is 19.1. The molecular formula is C24H30N4O4. The first-order valence-electron chi connectivity index (χ1n) is 11.1. The van der Waals surface area contributed by atoms with E-state index in [1.54, 1.807) is 24.3 Å². The molecule has 0 atom stereocenters.